The van der Waals surface area contributed by atoms with E-state index in [4.69, 9.17) is 56.8 Å². The summed E-state index contributed by atoms with van der Waals surface area (Å²) in [5.41, 5.74) is -2.08. The van der Waals surface area contributed by atoms with Crippen LogP contribution < -0.4 is 0 Å². The maximum Gasteiger partial charge on any atom is 0.314 e. The Morgan fingerprint density at radius 1 is 0.455 bits per heavy atom. The number of hydrogen-bond acceptors (Lipinski definition) is 21. The number of carbonyl (C=O) groups is 9. The molecule has 1 N–H and O–H groups in total. The van der Waals surface area contributed by atoms with Gasteiger partial charge in [0.25, 0.3) is 0 Å². The van der Waals surface area contributed by atoms with Crippen molar-refractivity contribution < 1.29 is 105 Å². The minimum absolute atomic E-state index is 0.583. The fourth-order valence-electron chi connectivity index (χ4n) is 5.34. The lowest BCUT2D eigenvalue weighted by atomic mass is 9.92. The molecule has 10 atom stereocenters. The maximum atomic E-state index is 12.8. The minimum atomic E-state index is -2.08. The standard InChI is InChI=1S/C33H46O22/c1-14(34)44-10-22-24(48-16(3)36)26(50-18(5)38)28(52-20(7)40)30(54-22)46-12-33(9,32(42)43)13-47-31-29(53-21(8)41)27(51-19(6)39)25(49-17(4)37)23(55-31)11-45-15(2)35/h22-31H,10-13H2,1-9H3,(H,42,43)/t22-,23-,24-,25-,26+,27+,28-,29-,30-,31-/m1/s1. The molecule has 2 aliphatic rings. The van der Waals surface area contributed by atoms with Crippen molar-refractivity contribution in [3.05, 3.63) is 0 Å². The molecule has 0 bridgehead atoms. The largest absolute Gasteiger partial charge is 0.481 e. The molecule has 0 amide bonds. The van der Waals surface area contributed by atoms with Gasteiger partial charge in [-0.3, -0.25) is 43.2 Å². The zero-order chi connectivity index (χ0) is 41.8. The summed E-state index contributed by atoms with van der Waals surface area (Å²) in [5.74, 6) is -8.56. The van der Waals surface area contributed by atoms with Crippen LogP contribution in [0.5, 0.6) is 0 Å². The third kappa shape index (κ3) is 14.3. The molecule has 0 unspecified atom stereocenters. The summed E-state index contributed by atoms with van der Waals surface area (Å²) >= 11 is 0. The molecule has 2 saturated heterocycles. The van der Waals surface area contributed by atoms with Gasteiger partial charge in [0.2, 0.25) is 0 Å². The molecule has 0 aromatic carbocycles. The molecule has 0 aliphatic carbocycles. The monoisotopic (exact) mass is 794 g/mol. The number of rotatable bonds is 17. The van der Waals surface area contributed by atoms with Gasteiger partial charge >= 0.3 is 53.7 Å². The second-order valence-corrected chi connectivity index (χ2v) is 12.6. The van der Waals surface area contributed by atoms with Crippen LogP contribution in [0.4, 0.5) is 0 Å². The Labute approximate surface area is 314 Å². The summed E-state index contributed by atoms with van der Waals surface area (Å²) in [4.78, 5) is 109. The molecule has 310 valence electrons. The number of hydrogen-bond donors (Lipinski definition) is 1. The molecule has 0 saturated carbocycles. The van der Waals surface area contributed by atoms with Crippen molar-refractivity contribution in [1.82, 2.24) is 0 Å². The van der Waals surface area contributed by atoms with Crippen molar-refractivity contribution >= 4 is 53.7 Å². The van der Waals surface area contributed by atoms with Crippen molar-refractivity contribution in [3.8, 4) is 0 Å². The zero-order valence-corrected chi connectivity index (χ0v) is 31.6. The van der Waals surface area contributed by atoms with Gasteiger partial charge in [-0.1, -0.05) is 0 Å². The lowest BCUT2D eigenvalue weighted by molar-refractivity contribution is -0.321. The van der Waals surface area contributed by atoms with Gasteiger partial charge in [-0.15, -0.1) is 0 Å². The van der Waals surface area contributed by atoms with E-state index in [1.807, 2.05) is 0 Å². The topological polar surface area (TPSA) is 285 Å². The average Bonchev–Trinajstić information content (AvgIpc) is 3.04. The van der Waals surface area contributed by atoms with Crippen LogP contribution in [0.2, 0.25) is 0 Å². The van der Waals surface area contributed by atoms with Gasteiger partial charge in [0.15, 0.2) is 49.2 Å². The molecule has 0 radical (unpaired) electrons. The van der Waals surface area contributed by atoms with Gasteiger partial charge in [0, 0.05) is 55.4 Å². The molecule has 2 heterocycles. The predicted octanol–water partition coefficient (Wildman–Crippen LogP) is -0.723. The van der Waals surface area contributed by atoms with E-state index in [9.17, 15) is 48.3 Å². The summed E-state index contributed by atoms with van der Waals surface area (Å²) in [6.45, 7) is 6.53. The van der Waals surface area contributed by atoms with Crippen molar-refractivity contribution in [3.63, 3.8) is 0 Å². The first-order valence-electron chi connectivity index (χ1n) is 16.6. The third-order valence-electron chi connectivity index (χ3n) is 7.55. The van der Waals surface area contributed by atoms with Crippen molar-refractivity contribution in [2.45, 2.75) is 124 Å². The average molecular weight is 795 g/mol. The van der Waals surface area contributed by atoms with E-state index in [-0.39, 0.29) is 0 Å². The Balaban J connectivity index is 2.51. The number of carboxylic acids is 1. The lowest BCUT2D eigenvalue weighted by Gasteiger charge is -2.45. The fourth-order valence-corrected chi connectivity index (χ4v) is 5.34. The number of ether oxygens (including phenoxy) is 12. The highest BCUT2D eigenvalue weighted by atomic mass is 16.8. The molecule has 2 rings (SSSR count). The number of carbonyl (C=O) groups excluding carboxylic acids is 8. The first kappa shape index (κ1) is 46.2. The van der Waals surface area contributed by atoms with E-state index in [0.717, 1.165) is 62.3 Å². The highest BCUT2D eigenvalue weighted by molar-refractivity contribution is 5.74. The van der Waals surface area contributed by atoms with E-state index in [1.165, 1.54) is 0 Å². The van der Waals surface area contributed by atoms with Crippen LogP contribution in [0.25, 0.3) is 0 Å². The van der Waals surface area contributed by atoms with Gasteiger partial charge in [0.1, 0.15) is 30.8 Å². The van der Waals surface area contributed by atoms with Crippen LogP contribution >= 0.6 is 0 Å². The van der Waals surface area contributed by atoms with Crippen LogP contribution in [0, 0.1) is 5.41 Å². The van der Waals surface area contributed by atoms with E-state index in [2.05, 4.69) is 0 Å². The molecule has 0 spiro atoms. The van der Waals surface area contributed by atoms with Crippen molar-refractivity contribution in [2.75, 3.05) is 26.4 Å². The summed E-state index contributed by atoms with van der Waals surface area (Å²) in [6, 6.07) is 0. The number of aliphatic carboxylic acids is 1. The van der Waals surface area contributed by atoms with Crippen molar-refractivity contribution in [1.29, 1.82) is 0 Å². The first-order valence-corrected chi connectivity index (χ1v) is 16.6. The maximum absolute atomic E-state index is 12.8. The molecule has 22 nitrogen and oxygen atoms in total. The SMILES string of the molecule is CC(=O)OC[C@H]1O[C@@H](OCC(C)(CO[C@@H]2O[C@H](COC(C)=O)[C@@H](OC(C)=O)[C@H](OC(C)=O)[C@H]2OC(C)=O)C(=O)O)[C@H](OC(C)=O)[C@@H](OC(C)=O)[C@@H]1OC(C)=O. The van der Waals surface area contributed by atoms with Gasteiger partial charge in [-0.2, -0.15) is 0 Å². The van der Waals surface area contributed by atoms with Gasteiger partial charge in [-0.25, -0.2) is 0 Å². The van der Waals surface area contributed by atoms with Crippen LogP contribution in [0.1, 0.15) is 62.3 Å². The van der Waals surface area contributed by atoms with Crippen molar-refractivity contribution in [2.24, 2.45) is 5.41 Å². The van der Waals surface area contributed by atoms with E-state index in [1.54, 1.807) is 0 Å². The van der Waals surface area contributed by atoms with Gasteiger partial charge in [0.05, 0.1) is 13.2 Å². The Hall–Kier alpha value is -4.93. The van der Waals surface area contributed by atoms with Crippen LogP contribution in [0.15, 0.2) is 0 Å². The summed E-state index contributed by atoms with van der Waals surface area (Å²) in [7, 11) is 0. The predicted molar refractivity (Wildman–Crippen MR) is 172 cm³/mol. The third-order valence-corrected chi connectivity index (χ3v) is 7.55. The molecule has 0 aromatic heterocycles. The van der Waals surface area contributed by atoms with E-state index < -0.39 is 147 Å². The molecule has 22 heteroatoms. The molecular formula is C33H46O22. The second kappa shape index (κ2) is 20.7. The molecule has 55 heavy (non-hydrogen) atoms. The first-order chi connectivity index (χ1) is 25.5. The lowest BCUT2D eigenvalue weighted by Crippen LogP contribution is -2.63. The Morgan fingerprint density at radius 2 is 0.727 bits per heavy atom. The molecule has 0 aromatic rings. The Morgan fingerprint density at radius 3 is 0.982 bits per heavy atom. The van der Waals surface area contributed by atoms with E-state index >= 15 is 0 Å². The summed E-state index contributed by atoms with van der Waals surface area (Å²) < 4.78 is 65.5. The van der Waals surface area contributed by atoms with Crippen LogP contribution in [-0.4, -0.2) is 147 Å². The highest BCUT2D eigenvalue weighted by Crippen LogP contribution is 2.34. The number of esters is 8. The fraction of sp³-hybridized carbons (Fsp3) is 0.727. The minimum Gasteiger partial charge on any atom is -0.481 e. The summed E-state index contributed by atoms with van der Waals surface area (Å²) in [6.07, 6.45) is -15.9. The quantitative estimate of drug-likeness (QED) is 0.140. The van der Waals surface area contributed by atoms with E-state index in [0.29, 0.717) is 0 Å². The highest BCUT2D eigenvalue weighted by Gasteiger charge is 2.55. The van der Waals surface area contributed by atoms with Crippen LogP contribution in [0.3, 0.4) is 0 Å². The van der Waals surface area contributed by atoms with Gasteiger partial charge < -0.3 is 61.9 Å². The second-order valence-electron chi connectivity index (χ2n) is 12.6. The molecule has 2 fully saturated rings. The molecular weight excluding hydrogens is 748 g/mol. The Bertz CT molecular complexity index is 1350. The Kier molecular flexibility index (Phi) is 17.4. The van der Waals surface area contributed by atoms with Gasteiger partial charge in [-0.05, 0) is 6.92 Å². The zero-order valence-electron chi connectivity index (χ0n) is 31.6. The van der Waals surface area contributed by atoms with Crippen LogP contribution in [-0.2, 0) is 100.0 Å². The smallest absolute Gasteiger partial charge is 0.314 e. The molecule has 2 aliphatic heterocycles. The normalized spacial score (nSPS) is 27.7. The number of carboxylic acid groups (broad SMARTS) is 1. The summed E-state index contributed by atoms with van der Waals surface area (Å²) in [5, 5.41) is 10.4.